The van der Waals surface area contributed by atoms with Gasteiger partial charge >= 0.3 is 0 Å². The second-order valence-electron chi connectivity index (χ2n) is 7.98. The standard InChI is InChI=1S/C22H33ClN4O4S2/c1-4-27(12-13-31-15-14-30-3)33(28,29)20-16-17(10-11-19(20)23)21-25-26(2)22(32-21)24-18-8-6-5-7-9-18/h10-11,16,18H,4-9,12-15H2,1-3H3. The van der Waals surface area contributed by atoms with Gasteiger partial charge in [0.1, 0.15) is 9.90 Å². The van der Waals surface area contributed by atoms with Gasteiger partial charge in [0.2, 0.25) is 14.8 Å². The first-order chi connectivity index (χ1) is 15.9. The first-order valence-corrected chi connectivity index (χ1v) is 13.9. The van der Waals surface area contributed by atoms with E-state index in [2.05, 4.69) is 5.10 Å². The Morgan fingerprint density at radius 1 is 1.24 bits per heavy atom. The van der Waals surface area contributed by atoms with Gasteiger partial charge in [-0.25, -0.2) is 13.1 Å². The van der Waals surface area contributed by atoms with Gasteiger partial charge in [0.15, 0.2) is 0 Å². The summed E-state index contributed by atoms with van der Waals surface area (Å²) in [5, 5.41) is 5.50. The number of nitrogens with zero attached hydrogens (tertiary/aromatic N) is 4. The molecule has 0 radical (unpaired) electrons. The van der Waals surface area contributed by atoms with E-state index in [9.17, 15) is 8.42 Å². The van der Waals surface area contributed by atoms with Gasteiger partial charge in [0.25, 0.3) is 0 Å². The number of rotatable bonds is 11. The molecule has 11 heteroatoms. The predicted octanol–water partition coefficient (Wildman–Crippen LogP) is 3.71. The van der Waals surface area contributed by atoms with Gasteiger partial charge in [0, 0.05) is 32.8 Å². The third-order valence-corrected chi connectivity index (χ3v) is 9.16. The first kappa shape index (κ1) is 26.3. The van der Waals surface area contributed by atoms with E-state index in [-0.39, 0.29) is 23.1 Å². The molecule has 0 aliphatic heterocycles. The van der Waals surface area contributed by atoms with E-state index in [1.54, 1.807) is 36.9 Å². The SMILES string of the molecule is CCN(CCOCCOC)S(=O)(=O)c1cc(-c2nn(C)c(=NC3CCCCC3)s2)ccc1Cl. The summed E-state index contributed by atoms with van der Waals surface area (Å²) in [5.41, 5.74) is 0.705. The maximum atomic E-state index is 13.3. The van der Waals surface area contributed by atoms with Crippen LogP contribution in [0.5, 0.6) is 0 Å². The first-order valence-electron chi connectivity index (χ1n) is 11.3. The number of methoxy groups -OCH3 is 1. The van der Waals surface area contributed by atoms with Crippen molar-refractivity contribution in [2.75, 3.05) is 40.0 Å². The molecule has 1 aliphatic carbocycles. The number of aryl methyl sites for hydroxylation is 1. The maximum absolute atomic E-state index is 13.3. The van der Waals surface area contributed by atoms with E-state index >= 15 is 0 Å². The number of halogens is 1. The largest absolute Gasteiger partial charge is 0.382 e. The molecule has 1 aromatic heterocycles. The quantitative estimate of drug-likeness (QED) is 0.425. The number of likely N-dealkylation sites (N-methyl/N-ethyl adjacent to an activating group) is 1. The van der Waals surface area contributed by atoms with Crippen LogP contribution in [0.3, 0.4) is 0 Å². The molecule has 1 saturated carbocycles. The van der Waals surface area contributed by atoms with Crippen molar-refractivity contribution in [2.45, 2.75) is 50.0 Å². The minimum atomic E-state index is -3.79. The van der Waals surface area contributed by atoms with E-state index in [0.29, 0.717) is 36.4 Å². The highest BCUT2D eigenvalue weighted by molar-refractivity contribution is 7.89. The Bertz CT molecular complexity index is 1080. The number of ether oxygens (including phenoxy) is 2. The van der Waals surface area contributed by atoms with E-state index in [1.807, 2.05) is 7.05 Å². The summed E-state index contributed by atoms with van der Waals surface area (Å²) < 4.78 is 40.2. The van der Waals surface area contributed by atoms with Crippen LogP contribution in [-0.2, 0) is 26.5 Å². The van der Waals surface area contributed by atoms with Crippen molar-refractivity contribution >= 4 is 33.0 Å². The normalized spacial score (nSPS) is 16.1. The van der Waals surface area contributed by atoms with Crippen molar-refractivity contribution in [3.63, 3.8) is 0 Å². The van der Waals surface area contributed by atoms with Crippen LogP contribution in [0.4, 0.5) is 0 Å². The summed E-state index contributed by atoms with van der Waals surface area (Å²) in [5.74, 6) is 0. The smallest absolute Gasteiger partial charge is 0.244 e. The lowest BCUT2D eigenvalue weighted by atomic mass is 9.96. The molecule has 8 nitrogen and oxygen atoms in total. The average molecular weight is 517 g/mol. The molecule has 0 atom stereocenters. The van der Waals surface area contributed by atoms with Crippen molar-refractivity contribution < 1.29 is 17.9 Å². The number of hydrogen-bond donors (Lipinski definition) is 0. The molecule has 2 aromatic rings. The van der Waals surface area contributed by atoms with Gasteiger partial charge in [-0.3, -0.25) is 4.99 Å². The molecule has 0 spiro atoms. The predicted molar refractivity (Wildman–Crippen MR) is 131 cm³/mol. The zero-order valence-electron chi connectivity index (χ0n) is 19.5. The van der Waals surface area contributed by atoms with Crippen molar-refractivity contribution in [3.8, 4) is 10.6 Å². The van der Waals surface area contributed by atoms with Crippen molar-refractivity contribution in [2.24, 2.45) is 12.0 Å². The Morgan fingerprint density at radius 3 is 2.70 bits per heavy atom. The Hall–Kier alpha value is -1.30. The van der Waals surface area contributed by atoms with E-state index < -0.39 is 10.0 Å². The molecular formula is C22H33ClN4O4S2. The van der Waals surface area contributed by atoms with Crippen LogP contribution in [-0.4, -0.2) is 68.6 Å². The van der Waals surface area contributed by atoms with Gasteiger partial charge in [-0.2, -0.15) is 9.40 Å². The second kappa shape index (κ2) is 12.4. The lowest BCUT2D eigenvalue weighted by molar-refractivity contribution is 0.0661. The number of benzene rings is 1. The fourth-order valence-corrected chi connectivity index (χ4v) is 6.67. The van der Waals surface area contributed by atoms with Crippen LogP contribution in [0.2, 0.25) is 5.02 Å². The van der Waals surface area contributed by atoms with Crippen molar-refractivity contribution in [1.29, 1.82) is 0 Å². The molecule has 0 amide bonds. The van der Waals surface area contributed by atoms with Gasteiger partial charge < -0.3 is 9.47 Å². The van der Waals surface area contributed by atoms with Crippen LogP contribution in [0.1, 0.15) is 39.0 Å². The summed E-state index contributed by atoms with van der Waals surface area (Å²) >= 11 is 7.81. The average Bonchev–Trinajstić information content (AvgIpc) is 3.17. The second-order valence-corrected chi connectivity index (χ2v) is 11.3. The van der Waals surface area contributed by atoms with Gasteiger partial charge in [-0.05, 0) is 25.0 Å². The Morgan fingerprint density at radius 2 is 2.00 bits per heavy atom. The van der Waals surface area contributed by atoms with Crippen LogP contribution >= 0.6 is 22.9 Å². The van der Waals surface area contributed by atoms with Gasteiger partial charge in [-0.1, -0.05) is 55.2 Å². The summed E-state index contributed by atoms with van der Waals surface area (Å²) in [6.07, 6.45) is 5.93. The molecule has 0 N–H and O–H groups in total. The molecule has 184 valence electrons. The molecule has 0 bridgehead atoms. The molecule has 1 aliphatic rings. The van der Waals surface area contributed by atoms with Crippen molar-refractivity contribution in [1.82, 2.24) is 14.1 Å². The fourth-order valence-electron chi connectivity index (χ4n) is 3.78. The van der Waals surface area contributed by atoms with Crippen molar-refractivity contribution in [3.05, 3.63) is 28.0 Å². The van der Waals surface area contributed by atoms with Crippen LogP contribution < -0.4 is 4.80 Å². The topological polar surface area (TPSA) is 86.0 Å². The lowest BCUT2D eigenvalue weighted by Crippen LogP contribution is -2.34. The van der Waals surface area contributed by atoms with Crippen LogP contribution in [0.25, 0.3) is 10.6 Å². The summed E-state index contributed by atoms with van der Waals surface area (Å²) in [4.78, 5) is 5.81. The van der Waals surface area contributed by atoms with E-state index in [4.69, 9.17) is 26.1 Å². The third-order valence-electron chi connectivity index (χ3n) is 5.64. The molecular weight excluding hydrogens is 484 g/mol. The molecule has 1 fully saturated rings. The fraction of sp³-hybridized carbons (Fsp3) is 0.636. The van der Waals surface area contributed by atoms with Gasteiger partial charge in [0.05, 0.1) is 30.9 Å². The van der Waals surface area contributed by atoms with E-state index in [0.717, 1.165) is 17.6 Å². The maximum Gasteiger partial charge on any atom is 0.244 e. The highest BCUT2D eigenvalue weighted by Crippen LogP contribution is 2.30. The molecule has 3 rings (SSSR count). The number of hydrogen-bond acceptors (Lipinski definition) is 7. The van der Waals surface area contributed by atoms with Crippen LogP contribution in [0.15, 0.2) is 28.1 Å². The van der Waals surface area contributed by atoms with E-state index in [1.165, 1.54) is 34.9 Å². The zero-order chi connectivity index (χ0) is 23.8. The molecule has 0 unspecified atom stereocenters. The highest BCUT2D eigenvalue weighted by Gasteiger charge is 2.26. The summed E-state index contributed by atoms with van der Waals surface area (Å²) in [6, 6.07) is 5.36. The summed E-state index contributed by atoms with van der Waals surface area (Å²) in [6.45, 7) is 3.51. The number of sulfonamides is 1. The third kappa shape index (κ3) is 6.86. The Balaban J connectivity index is 1.84. The Kier molecular flexibility index (Phi) is 9.90. The minimum Gasteiger partial charge on any atom is -0.382 e. The molecule has 33 heavy (non-hydrogen) atoms. The number of aromatic nitrogens is 2. The molecule has 1 heterocycles. The molecule has 1 aromatic carbocycles. The zero-order valence-corrected chi connectivity index (χ0v) is 21.9. The summed E-state index contributed by atoms with van der Waals surface area (Å²) in [7, 11) is -0.328. The Labute approximate surface area is 205 Å². The lowest BCUT2D eigenvalue weighted by Gasteiger charge is -2.21. The van der Waals surface area contributed by atoms with Crippen LogP contribution in [0, 0.1) is 0 Å². The van der Waals surface area contributed by atoms with Gasteiger partial charge in [-0.15, -0.1) is 0 Å². The highest BCUT2D eigenvalue weighted by atomic mass is 35.5. The molecule has 0 saturated heterocycles. The monoisotopic (exact) mass is 516 g/mol. The minimum absolute atomic E-state index is 0.0732.